The van der Waals surface area contributed by atoms with E-state index < -0.39 is 10.0 Å². The molecule has 0 bridgehead atoms. The molecule has 1 aliphatic heterocycles. The molecule has 0 aliphatic carbocycles. The number of para-hydroxylation sites is 1. The second-order valence-corrected chi connectivity index (χ2v) is 8.27. The summed E-state index contributed by atoms with van der Waals surface area (Å²) in [4.78, 5) is 0.294. The molecule has 126 valence electrons. The van der Waals surface area contributed by atoms with Crippen LogP contribution in [0.3, 0.4) is 0 Å². The lowest BCUT2D eigenvalue weighted by Gasteiger charge is -2.34. The van der Waals surface area contributed by atoms with Crippen molar-refractivity contribution in [3.63, 3.8) is 0 Å². The summed E-state index contributed by atoms with van der Waals surface area (Å²) in [5.41, 5.74) is 1.45. The summed E-state index contributed by atoms with van der Waals surface area (Å²) < 4.78 is 39.0. The molecule has 1 aliphatic rings. The Morgan fingerprint density at radius 1 is 0.958 bits per heavy atom. The molecule has 0 spiro atoms. The number of benzene rings is 2. The second-order valence-electron chi connectivity index (χ2n) is 6.34. The third kappa shape index (κ3) is 2.51. The highest BCUT2D eigenvalue weighted by Crippen LogP contribution is 2.31. The van der Waals surface area contributed by atoms with Gasteiger partial charge in [0, 0.05) is 23.9 Å². The van der Waals surface area contributed by atoms with Crippen molar-refractivity contribution in [1.29, 1.82) is 0 Å². The Morgan fingerprint density at radius 2 is 1.62 bits per heavy atom. The van der Waals surface area contributed by atoms with Crippen molar-refractivity contribution in [3.8, 4) is 0 Å². The van der Waals surface area contributed by atoms with Crippen LogP contribution < -0.4 is 0 Å². The summed E-state index contributed by atoms with van der Waals surface area (Å²) in [7, 11) is -3.55. The molecule has 5 nitrogen and oxygen atoms in total. The highest BCUT2D eigenvalue weighted by molar-refractivity contribution is 7.89. The van der Waals surface area contributed by atoms with E-state index in [0.717, 1.165) is 16.4 Å². The molecule has 0 amide bonds. The number of fused-ring (bicyclic) bond motifs is 3. The van der Waals surface area contributed by atoms with Gasteiger partial charge in [0.25, 0.3) is 0 Å². The Hall–Kier alpha value is -1.89. The van der Waals surface area contributed by atoms with Crippen LogP contribution in [0.5, 0.6) is 0 Å². The van der Waals surface area contributed by atoms with Crippen molar-refractivity contribution >= 4 is 32.0 Å². The number of nitrogens with zero attached hydrogens (tertiary/aromatic N) is 1. The monoisotopic (exact) mass is 345 g/mol. The van der Waals surface area contributed by atoms with Crippen molar-refractivity contribution < 1.29 is 17.6 Å². The zero-order chi connectivity index (χ0) is 16.9. The summed E-state index contributed by atoms with van der Waals surface area (Å²) in [6, 6.07) is 12.7. The van der Waals surface area contributed by atoms with Crippen LogP contribution in [0, 0.1) is 0 Å². The summed E-state index contributed by atoms with van der Waals surface area (Å²) in [5, 5.41) is 1.74. The zero-order valence-corrected chi connectivity index (χ0v) is 14.4. The van der Waals surface area contributed by atoms with E-state index >= 15 is 0 Å². The molecule has 1 fully saturated rings. The van der Waals surface area contributed by atoms with Gasteiger partial charge in [0.15, 0.2) is 0 Å². The fraction of sp³-hybridized carbons (Fsp3) is 0.333. The van der Waals surface area contributed by atoms with Gasteiger partial charge in [0.2, 0.25) is 10.0 Å². The topological polar surface area (TPSA) is 59.8 Å². The lowest BCUT2D eigenvalue weighted by Crippen LogP contribution is -2.48. The predicted molar refractivity (Wildman–Crippen MR) is 92.5 cm³/mol. The minimum absolute atomic E-state index is 0.109. The molecule has 0 saturated carbocycles. The van der Waals surface area contributed by atoms with E-state index in [4.69, 9.17) is 9.15 Å². The molecule has 4 rings (SSSR count). The minimum atomic E-state index is -3.55. The number of sulfonamides is 1. The minimum Gasteiger partial charge on any atom is -0.456 e. The van der Waals surface area contributed by atoms with Gasteiger partial charge in [-0.1, -0.05) is 18.2 Å². The number of furan rings is 1. The molecule has 2 heterocycles. The molecule has 24 heavy (non-hydrogen) atoms. The molecule has 1 aromatic heterocycles. The molecule has 0 unspecified atom stereocenters. The van der Waals surface area contributed by atoms with Gasteiger partial charge in [-0.2, -0.15) is 4.31 Å². The van der Waals surface area contributed by atoms with Gasteiger partial charge in [-0.15, -0.1) is 0 Å². The summed E-state index contributed by atoms with van der Waals surface area (Å²) in [5.74, 6) is 0. The SMILES string of the molecule is C[C@@H]1CN(S(=O)(=O)c2ccc3oc4ccccc4c3c2)C[C@@H](C)O1. The Bertz CT molecular complexity index is 998. The summed E-state index contributed by atoms with van der Waals surface area (Å²) in [6.07, 6.45) is -0.218. The van der Waals surface area contributed by atoms with Crippen molar-refractivity contribution in [2.24, 2.45) is 0 Å². The molecule has 6 heteroatoms. The van der Waals surface area contributed by atoms with E-state index in [1.807, 2.05) is 38.1 Å². The van der Waals surface area contributed by atoms with E-state index in [1.165, 1.54) is 4.31 Å². The van der Waals surface area contributed by atoms with Crippen molar-refractivity contribution in [2.75, 3.05) is 13.1 Å². The van der Waals surface area contributed by atoms with Crippen LogP contribution in [0.2, 0.25) is 0 Å². The number of hydrogen-bond acceptors (Lipinski definition) is 4. The number of morpholine rings is 1. The highest BCUT2D eigenvalue weighted by Gasteiger charge is 2.32. The van der Waals surface area contributed by atoms with E-state index in [-0.39, 0.29) is 12.2 Å². The Morgan fingerprint density at radius 3 is 2.38 bits per heavy atom. The summed E-state index contributed by atoms with van der Waals surface area (Å²) >= 11 is 0. The van der Waals surface area contributed by atoms with Crippen LogP contribution in [0.1, 0.15) is 13.8 Å². The smallest absolute Gasteiger partial charge is 0.243 e. The van der Waals surface area contributed by atoms with Crippen molar-refractivity contribution in [1.82, 2.24) is 4.31 Å². The predicted octanol–water partition coefficient (Wildman–Crippen LogP) is 3.38. The van der Waals surface area contributed by atoms with Gasteiger partial charge in [0.1, 0.15) is 11.2 Å². The normalized spacial score (nSPS) is 23.1. The fourth-order valence-electron chi connectivity index (χ4n) is 3.34. The molecule has 3 aromatic rings. The molecule has 0 radical (unpaired) electrons. The average molecular weight is 345 g/mol. The fourth-order valence-corrected chi connectivity index (χ4v) is 4.96. The molecule has 0 N–H and O–H groups in total. The van der Waals surface area contributed by atoms with E-state index in [1.54, 1.807) is 18.2 Å². The molecule has 2 atom stereocenters. The van der Waals surface area contributed by atoms with Gasteiger partial charge in [-0.05, 0) is 38.1 Å². The maximum Gasteiger partial charge on any atom is 0.243 e. The standard InChI is InChI=1S/C18H19NO4S/c1-12-10-19(11-13(2)22-12)24(20,21)14-7-8-18-16(9-14)15-5-3-4-6-17(15)23-18/h3-9,12-13H,10-11H2,1-2H3/t12-,13-/m1/s1. The maximum atomic E-state index is 13.0. The summed E-state index contributed by atoms with van der Waals surface area (Å²) in [6.45, 7) is 4.53. The first-order valence-corrected chi connectivity index (χ1v) is 9.46. The highest BCUT2D eigenvalue weighted by atomic mass is 32.2. The van der Waals surface area contributed by atoms with Crippen molar-refractivity contribution in [2.45, 2.75) is 31.0 Å². The van der Waals surface area contributed by atoms with Crippen LogP contribution in [0.25, 0.3) is 21.9 Å². The van der Waals surface area contributed by atoms with Crippen LogP contribution in [-0.2, 0) is 14.8 Å². The van der Waals surface area contributed by atoms with Crippen LogP contribution in [0.4, 0.5) is 0 Å². The average Bonchev–Trinajstić information content (AvgIpc) is 2.91. The first-order valence-electron chi connectivity index (χ1n) is 8.02. The Labute approximate surface area is 140 Å². The van der Waals surface area contributed by atoms with Gasteiger partial charge in [0.05, 0.1) is 17.1 Å². The van der Waals surface area contributed by atoms with Gasteiger partial charge in [-0.25, -0.2) is 8.42 Å². The van der Waals surface area contributed by atoms with E-state index in [9.17, 15) is 8.42 Å². The van der Waals surface area contributed by atoms with Crippen LogP contribution in [0.15, 0.2) is 51.8 Å². The first-order chi connectivity index (χ1) is 11.4. The lowest BCUT2D eigenvalue weighted by molar-refractivity contribution is -0.0440. The van der Waals surface area contributed by atoms with Gasteiger partial charge in [-0.3, -0.25) is 0 Å². The van der Waals surface area contributed by atoms with Gasteiger partial charge < -0.3 is 9.15 Å². The maximum absolute atomic E-state index is 13.0. The Balaban J connectivity index is 1.81. The molecule has 1 saturated heterocycles. The van der Waals surface area contributed by atoms with Crippen LogP contribution in [-0.4, -0.2) is 38.0 Å². The number of rotatable bonds is 2. The van der Waals surface area contributed by atoms with E-state index in [2.05, 4.69) is 0 Å². The third-order valence-corrected chi connectivity index (χ3v) is 6.20. The third-order valence-electron chi connectivity index (χ3n) is 4.37. The first kappa shape index (κ1) is 15.6. The van der Waals surface area contributed by atoms with Crippen LogP contribution >= 0.6 is 0 Å². The molecular formula is C18H19NO4S. The second kappa shape index (κ2) is 5.58. The molecule has 2 aromatic carbocycles. The quantitative estimate of drug-likeness (QED) is 0.714. The van der Waals surface area contributed by atoms with Gasteiger partial charge >= 0.3 is 0 Å². The molecular weight excluding hydrogens is 326 g/mol. The van der Waals surface area contributed by atoms with Crippen molar-refractivity contribution in [3.05, 3.63) is 42.5 Å². The Kier molecular flexibility index (Phi) is 3.63. The van der Waals surface area contributed by atoms with E-state index in [0.29, 0.717) is 23.6 Å². The lowest BCUT2D eigenvalue weighted by atomic mass is 10.1. The zero-order valence-electron chi connectivity index (χ0n) is 13.6. The number of hydrogen-bond donors (Lipinski definition) is 0. The largest absolute Gasteiger partial charge is 0.456 e. The number of ether oxygens (including phenoxy) is 1.